The van der Waals surface area contributed by atoms with Gasteiger partial charge in [0, 0.05) is 29.1 Å². The van der Waals surface area contributed by atoms with Gasteiger partial charge in [-0.1, -0.05) is 12.1 Å². The van der Waals surface area contributed by atoms with Crippen molar-refractivity contribution in [3.05, 3.63) is 42.0 Å². The van der Waals surface area contributed by atoms with Crippen molar-refractivity contribution in [3.8, 4) is 17.1 Å². The molecule has 1 heterocycles. The van der Waals surface area contributed by atoms with E-state index in [2.05, 4.69) is 9.97 Å². The van der Waals surface area contributed by atoms with Crippen LogP contribution in [0.5, 0.6) is 6.01 Å². The lowest BCUT2D eigenvalue weighted by atomic mass is 10.1. The van der Waals surface area contributed by atoms with E-state index in [1.807, 2.05) is 0 Å². The average molecular weight is 232 g/mol. The van der Waals surface area contributed by atoms with E-state index >= 15 is 0 Å². The van der Waals surface area contributed by atoms with Gasteiger partial charge in [-0.25, -0.2) is 14.4 Å². The van der Waals surface area contributed by atoms with Gasteiger partial charge in [0.1, 0.15) is 12.1 Å². The van der Waals surface area contributed by atoms with Crippen molar-refractivity contribution in [3.63, 3.8) is 0 Å². The van der Waals surface area contributed by atoms with Crippen LogP contribution in [0.3, 0.4) is 0 Å². The highest BCUT2D eigenvalue weighted by atomic mass is 19.1. The monoisotopic (exact) mass is 232 g/mol. The van der Waals surface area contributed by atoms with Gasteiger partial charge < -0.3 is 4.74 Å². The SMILES string of the molecule is COc1ncc(-c2ccc(C=O)cc2F)cn1. The molecule has 0 spiro atoms. The zero-order chi connectivity index (χ0) is 12.3. The lowest BCUT2D eigenvalue weighted by Crippen LogP contribution is -1.93. The third kappa shape index (κ3) is 2.28. The van der Waals surface area contributed by atoms with Gasteiger partial charge in [0.15, 0.2) is 0 Å². The molecule has 86 valence electrons. The molecule has 0 amide bonds. The lowest BCUT2D eigenvalue weighted by molar-refractivity contribution is 0.112. The van der Waals surface area contributed by atoms with Crippen molar-refractivity contribution in [2.75, 3.05) is 7.11 Å². The summed E-state index contributed by atoms with van der Waals surface area (Å²) in [4.78, 5) is 18.3. The van der Waals surface area contributed by atoms with Crippen LogP contribution in [0.25, 0.3) is 11.1 Å². The molecule has 0 aliphatic carbocycles. The van der Waals surface area contributed by atoms with Crippen molar-refractivity contribution in [2.24, 2.45) is 0 Å². The Morgan fingerprint density at radius 3 is 2.53 bits per heavy atom. The summed E-state index contributed by atoms with van der Waals surface area (Å²) in [5.41, 5.74) is 1.17. The standard InChI is InChI=1S/C12H9FN2O2/c1-17-12-14-5-9(6-15-12)10-3-2-8(7-16)4-11(10)13/h2-7H,1H3. The van der Waals surface area contributed by atoms with Crippen LogP contribution in [-0.2, 0) is 0 Å². The Morgan fingerprint density at radius 2 is 2.00 bits per heavy atom. The first kappa shape index (κ1) is 11.2. The number of hydrogen-bond donors (Lipinski definition) is 0. The highest BCUT2D eigenvalue weighted by molar-refractivity contribution is 5.77. The maximum absolute atomic E-state index is 13.7. The molecular formula is C12H9FN2O2. The molecule has 1 aromatic heterocycles. The largest absolute Gasteiger partial charge is 0.467 e. The fraction of sp³-hybridized carbons (Fsp3) is 0.0833. The number of carbonyl (C=O) groups excluding carboxylic acids is 1. The second kappa shape index (κ2) is 4.69. The van der Waals surface area contributed by atoms with Crippen LogP contribution in [0, 0.1) is 5.82 Å². The van der Waals surface area contributed by atoms with Crippen LogP contribution in [0.1, 0.15) is 10.4 Å². The van der Waals surface area contributed by atoms with Crippen molar-refractivity contribution in [1.29, 1.82) is 0 Å². The first-order valence-electron chi connectivity index (χ1n) is 4.85. The minimum atomic E-state index is -0.483. The van der Waals surface area contributed by atoms with Crippen molar-refractivity contribution in [2.45, 2.75) is 0 Å². The third-order valence-electron chi connectivity index (χ3n) is 2.25. The number of nitrogens with zero attached hydrogens (tertiary/aromatic N) is 2. The van der Waals surface area contributed by atoms with Gasteiger partial charge in [0.25, 0.3) is 0 Å². The third-order valence-corrected chi connectivity index (χ3v) is 2.25. The maximum atomic E-state index is 13.7. The van der Waals surface area contributed by atoms with Gasteiger partial charge in [-0.15, -0.1) is 0 Å². The van der Waals surface area contributed by atoms with E-state index in [1.165, 1.54) is 37.7 Å². The fourth-order valence-corrected chi connectivity index (χ4v) is 1.40. The van der Waals surface area contributed by atoms with E-state index in [0.717, 1.165) is 0 Å². The first-order valence-corrected chi connectivity index (χ1v) is 4.85. The Balaban J connectivity index is 2.41. The number of aldehydes is 1. The van der Waals surface area contributed by atoms with Gasteiger partial charge in [-0.05, 0) is 6.07 Å². The topological polar surface area (TPSA) is 52.1 Å². The van der Waals surface area contributed by atoms with Gasteiger partial charge in [0.2, 0.25) is 0 Å². The summed E-state index contributed by atoms with van der Waals surface area (Å²) in [6, 6.07) is 4.45. The number of rotatable bonds is 3. The van der Waals surface area contributed by atoms with Crippen molar-refractivity contribution >= 4 is 6.29 Å². The first-order chi connectivity index (χ1) is 8.24. The summed E-state index contributed by atoms with van der Waals surface area (Å²) in [6.45, 7) is 0. The predicted octanol–water partition coefficient (Wildman–Crippen LogP) is 2.10. The minimum Gasteiger partial charge on any atom is -0.467 e. The Hall–Kier alpha value is -2.30. The Bertz CT molecular complexity index is 541. The average Bonchev–Trinajstić information content (AvgIpc) is 2.39. The van der Waals surface area contributed by atoms with Crippen molar-refractivity contribution < 1.29 is 13.9 Å². The van der Waals surface area contributed by atoms with E-state index < -0.39 is 5.82 Å². The van der Waals surface area contributed by atoms with Crippen LogP contribution in [0.15, 0.2) is 30.6 Å². The van der Waals surface area contributed by atoms with Crippen molar-refractivity contribution in [1.82, 2.24) is 9.97 Å². The van der Waals surface area contributed by atoms with Crippen LogP contribution >= 0.6 is 0 Å². The Morgan fingerprint density at radius 1 is 1.29 bits per heavy atom. The zero-order valence-corrected chi connectivity index (χ0v) is 9.05. The van der Waals surface area contributed by atoms with Gasteiger partial charge >= 0.3 is 6.01 Å². The zero-order valence-electron chi connectivity index (χ0n) is 9.05. The van der Waals surface area contributed by atoms with Gasteiger partial charge in [-0.2, -0.15) is 0 Å². The molecule has 0 unspecified atom stereocenters. The second-order valence-corrected chi connectivity index (χ2v) is 3.32. The molecule has 0 fully saturated rings. The summed E-state index contributed by atoms with van der Waals surface area (Å²) in [5, 5.41) is 0. The quantitative estimate of drug-likeness (QED) is 0.760. The molecule has 0 aliphatic heterocycles. The highest BCUT2D eigenvalue weighted by Crippen LogP contribution is 2.22. The molecule has 0 saturated carbocycles. The predicted molar refractivity (Wildman–Crippen MR) is 59.4 cm³/mol. The van der Waals surface area contributed by atoms with Crippen LogP contribution in [-0.4, -0.2) is 23.4 Å². The van der Waals surface area contributed by atoms with Crippen LogP contribution in [0.4, 0.5) is 4.39 Å². The molecular weight excluding hydrogens is 223 g/mol. The summed E-state index contributed by atoms with van der Waals surface area (Å²) in [7, 11) is 1.45. The number of carbonyl (C=O) groups is 1. The molecule has 1 aromatic carbocycles. The molecule has 0 aliphatic rings. The lowest BCUT2D eigenvalue weighted by Gasteiger charge is -2.03. The Labute approximate surface area is 97.1 Å². The number of hydrogen-bond acceptors (Lipinski definition) is 4. The second-order valence-electron chi connectivity index (χ2n) is 3.32. The molecule has 2 aromatic rings. The summed E-state index contributed by atoms with van der Waals surface area (Å²) < 4.78 is 18.5. The minimum absolute atomic E-state index is 0.221. The summed E-state index contributed by atoms with van der Waals surface area (Å²) in [5.74, 6) is -0.483. The van der Waals surface area contributed by atoms with E-state index in [9.17, 15) is 9.18 Å². The fourth-order valence-electron chi connectivity index (χ4n) is 1.40. The van der Waals surface area contributed by atoms with E-state index in [0.29, 0.717) is 23.0 Å². The molecule has 0 bridgehead atoms. The Kier molecular flexibility index (Phi) is 3.09. The number of ether oxygens (including phenoxy) is 1. The van der Waals surface area contributed by atoms with Crippen LogP contribution < -0.4 is 4.74 Å². The molecule has 17 heavy (non-hydrogen) atoms. The smallest absolute Gasteiger partial charge is 0.316 e. The number of methoxy groups -OCH3 is 1. The van der Waals surface area contributed by atoms with E-state index in [4.69, 9.17) is 4.74 Å². The van der Waals surface area contributed by atoms with E-state index in [-0.39, 0.29) is 6.01 Å². The number of aromatic nitrogens is 2. The van der Waals surface area contributed by atoms with Crippen LogP contribution in [0.2, 0.25) is 0 Å². The normalized spacial score (nSPS) is 10.0. The molecule has 0 N–H and O–H groups in total. The number of halogens is 1. The van der Waals surface area contributed by atoms with Gasteiger partial charge in [0.05, 0.1) is 7.11 Å². The van der Waals surface area contributed by atoms with E-state index in [1.54, 1.807) is 0 Å². The molecule has 2 rings (SSSR count). The molecule has 0 saturated heterocycles. The summed E-state index contributed by atoms with van der Waals surface area (Å²) in [6.07, 6.45) is 3.52. The van der Waals surface area contributed by atoms with Gasteiger partial charge in [-0.3, -0.25) is 4.79 Å². The number of benzene rings is 1. The molecule has 4 nitrogen and oxygen atoms in total. The molecule has 0 atom stereocenters. The molecule has 0 radical (unpaired) electrons. The molecule has 5 heteroatoms. The maximum Gasteiger partial charge on any atom is 0.316 e. The highest BCUT2D eigenvalue weighted by Gasteiger charge is 2.07. The summed E-state index contributed by atoms with van der Waals surface area (Å²) >= 11 is 0.